The van der Waals surface area contributed by atoms with Crippen LogP contribution < -0.4 is 15.0 Å². The lowest BCUT2D eigenvalue weighted by Gasteiger charge is -2.40. The number of pyridine rings is 1. The van der Waals surface area contributed by atoms with E-state index >= 15 is 0 Å². The lowest BCUT2D eigenvalue weighted by Crippen LogP contribution is -2.54. The van der Waals surface area contributed by atoms with Gasteiger partial charge >= 0.3 is 6.03 Å². The summed E-state index contributed by atoms with van der Waals surface area (Å²) in [5.41, 5.74) is 0.781. The molecule has 30 heavy (non-hydrogen) atoms. The third kappa shape index (κ3) is 4.98. The molecular formula is C22H28F2N4O2. The maximum Gasteiger partial charge on any atom is 0.317 e. The van der Waals surface area contributed by atoms with E-state index in [9.17, 15) is 13.6 Å². The van der Waals surface area contributed by atoms with Crippen molar-refractivity contribution in [3.8, 4) is 5.75 Å². The van der Waals surface area contributed by atoms with E-state index in [1.54, 1.807) is 26.2 Å². The third-order valence-electron chi connectivity index (χ3n) is 5.15. The van der Waals surface area contributed by atoms with Gasteiger partial charge in [-0.25, -0.2) is 9.78 Å². The highest BCUT2D eigenvalue weighted by molar-refractivity contribution is 5.74. The van der Waals surface area contributed by atoms with E-state index in [0.29, 0.717) is 18.9 Å². The van der Waals surface area contributed by atoms with Crippen LogP contribution in [0.3, 0.4) is 0 Å². The van der Waals surface area contributed by atoms with Crippen LogP contribution in [0, 0.1) is 0 Å². The fourth-order valence-electron chi connectivity index (χ4n) is 3.11. The van der Waals surface area contributed by atoms with Crippen molar-refractivity contribution in [3.05, 3.63) is 53.7 Å². The van der Waals surface area contributed by atoms with Gasteiger partial charge in [0.25, 0.3) is 5.92 Å². The maximum absolute atomic E-state index is 13.9. The van der Waals surface area contributed by atoms with Crippen LogP contribution in [0.2, 0.25) is 0 Å². The van der Waals surface area contributed by atoms with Crippen molar-refractivity contribution in [2.75, 3.05) is 32.1 Å². The van der Waals surface area contributed by atoms with E-state index in [1.807, 2.05) is 36.1 Å². The molecule has 0 unspecified atom stereocenters. The van der Waals surface area contributed by atoms with E-state index < -0.39 is 5.92 Å². The molecule has 0 radical (unpaired) electrons. The summed E-state index contributed by atoms with van der Waals surface area (Å²) < 4.78 is 33.7. The first-order valence-corrected chi connectivity index (χ1v) is 10.0. The predicted molar refractivity (Wildman–Crippen MR) is 112 cm³/mol. The number of nitrogens with zero attached hydrogens (tertiary/aromatic N) is 3. The normalized spacial score (nSPS) is 15.3. The van der Waals surface area contributed by atoms with E-state index in [2.05, 4.69) is 10.3 Å². The van der Waals surface area contributed by atoms with Crippen LogP contribution in [0.25, 0.3) is 0 Å². The Labute approximate surface area is 175 Å². The number of benzene rings is 1. The molecule has 162 valence electrons. The zero-order valence-corrected chi connectivity index (χ0v) is 17.7. The monoisotopic (exact) mass is 418 g/mol. The molecule has 1 fully saturated rings. The SMILES string of the molecule is CCC(F)(F)c1cccc(N2CC(Oc3ccc([C@H](C)NC(=O)N(C)C)cc3)C2)n1. The number of carbonyl (C=O) groups is 1. The van der Waals surface area contributed by atoms with Gasteiger partial charge in [0.05, 0.1) is 19.1 Å². The lowest BCUT2D eigenvalue weighted by atomic mass is 10.1. The van der Waals surface area contributed by atoms with Gasteiger partial charge in [0.15, 0.2) is 0 Å². The second-order valence-corrected chi connectivity index (χ2v) is 7.72. The molecule has 8 heteroatoms. The molecule has 1 aromatic heterocycles. The number of amides is 2. The second-order valence-electron chi connectivity index (χ2n) is 7.72. The molecule has 0 aliphatic carbocycles. The first-order valence-electron chi connectivity index (χ1n) is 10.0. The van der Waals surface area contributed by atoms with Crippen molar-refractivity contribution in [2.45, 2.75) is 38.3 Å². The molecule has 3 rings (SSSR count). The number of carbonyl (C=O) groups excluding carboxylic acids is 1. The highest BCUT2D eigenvalue weighted by Crippen LogP contribution is 2.32. The number of nitrogens with one attached hydrogen (secondary N) is 1. The van der Waals surface area contributed by atoms with Crippen molar-refractivity contribution in [1.82, 2.24) is 15.2 Å². The summed E-state index contributed by atoms with van der Waals surface area (Å²) in [5, 5.41) is 2.90. The van der Waals surface area contributed by atoms with Crippen molar-refractivity contribution < 1.29 is 18.3 Å². The van der Waals surface area contributed by atoms with Gasteiger partial charge in [-0.15, -0.1) is 0 Å². The van der Waals surface area contributed by atoms with Crippen molar-refractivity contribution in [2.24, 2.45) is 0 Å². The first kappa shape index (κ1) is 21.8. The molecule has 1 aliphatic rings. The summed E-state index contributed by atoms with van der Waals surface area (Å²) in [6.07, 6.45) is -0.304. The molecule has 0 bridgehead atoms. The van der Waals surface area contributed by atoms with Crippen LogP contribution in [0.15, 0.2) is 42.5 Å². The van der Waals surface area contributed by atoms with Gasteiger partial charge in [0.2, 0.25) is 0 Å². The van der Waals surface area contributed by atoms with Gasteiger partial charge in [0.1, 0.15) is 23.4 Å². The molecule has 1 atom stereocenters. The minimum Gasteiger partial charge on any atom is -0.487 e. The van der Waals surface area contributed by atoms with Crippen molar-refractivity contribution >= 4 is 11.8 Å². The van der Waals surface area contributed by atoms with E-state index in [4.69, 9.17) is 4.74 Å². The Hall–Kier alpha value is -2.90. The highest BCUT2D eigenvalue weighted by atomic mass is 19.3. The summed E-state index contributed by atoms with van der Waals surface area (Å²) >= 11 is 0. The summed E-state index contributed by atoms with van der Waals surface area (Å²) in [7, 11) is 3.39. The zero-order chi connectivity index (χ0) is 21.9. The molecule has 0 spiro atoms. The smallest absolute Gasteiger partial charge is 0.317 e. The number of urea groups is 1. The van der Waals surface area contributed by atoms with Crippen LogP contribution in [-0.2, 0) is 5.92 Å². The van der Waals surface area contributed by atoms with Gasteiger partial charge in [0, 0.05) is 20.5 Å². The van der Waals surface area contributed by atoms with Crippen LogP contribution in [0.5, 0.6) is 5.75 Å². The number of aromatic nitrogens is 1. The average Bonchev–Trinajstić information content (AvgIpc) is 2.70. The molecule has 1 aliphatic heterocycles. The molecule has 2 heterocycles. The third-order valence-corrected chi connectivity index (χ3v) is 5.15. The Morgan fingerprint density at radius 2 is 1.93 bits per heavy atom. The molecule has 2 aromatic rings. The quantitative estimate of drug-likeness (QED) is 0.733. The molecular weight excluding hydrogens is 390 g/mol. The Morgan fingerprint density at radius 1 is 1.27 bits per heavy atom. The number of hydrogen-bond acceptors (Lipinski definition) is 4. The summed E-state index contributed by atoms with van der Waals surface area (Å²) in [6, 6.07) is 12.0. The van der Waals surface area contributed by atoms with Gasteiger partial charge in [-0.05, 0) is 36.8 Å². The minimum absolute atomic E-state index is 0.0288. The van der Waals surface area contributed by atoms with Crippen LogP contribution in [-0.4, -0.2) is 49.2 Å². The standard InChI is InChI=1S/C22H28F2N4O2/c1-5-22(23,24)19-7-6-8-20(26-19)28-13-18(14-28)30-17-11-9-16(10-12-17)15(2)25-21(29)27(3)4/h6-12,15,18H,5,13-14H2,1-4H3,(H,25,29)/t15-/m0/s1. The van der Waals surface area contributed by atoms with Crippen LogP contribution in [0.4, 0.5) is 19.4 Å². The molecule has 0 saturated carbocycles. The number of anilines is 1. The largest absolute Gasteiger partial charge is 0.487 e. The van der Waals surface area contributed by atoms with Gasteiger partial charge in [-0.2, -0.15) is 8.78 Å². The van der Waals surface area contributed by atoms with E-state index in [0.717, 1.165) is 11.3 Å². The summed E-state index contributed by atoms with van der Waals surface area (Å²) in [5.74, 6) is -1.64. The van der Waals surface area contributed by atoms with Gasteiger partial charge < -0.3 is 19.9 Å². The minimum atomic E-state index is -2.92. The first-order chi connectivity index (χ1) is 14.2. The van der Waals surface area contributed by atoms with E-state index in [1.165, 1.54) is 17.9 Å². The number of alkyl halides is 2. The Balaban J connectivity index is 1.53. The molecule has 6 nitrogen and oxygen atoms in total. The number of ether oxygens (including phenoxy) is 1. The topological polar surface area (TPSA) is 57.7 Å². The van der Waals surface area contributed by atoms with Crippen molar-refractivity contribution in [1.29, 1.82) is 0 Å². The lowest BCUT2D eigenvalue weighted by molar-refractivity contribution is -0.0127. The summed E-state index contributed by atoms with van der Waals surface area (Å²) in [6.45, 7) is 4.55. The van der Waals surface area contributed by atoms with Crippen molar-refractivity contribution in [3.63, 3.8) is 0 Å². The second kappa shape index (κ2) is 8.85. The summed E-state index contributed by atoms with van der Waals surface area (Å²) in [4.78, 5) is 19.3. The zero-order valence-electron chi connectivity index (χ0n) is 17.7. The number of halogens is 2. The molecule has 2 amide bonds. The van der Waals surface area contributed by atoms with Crippen LogP contribution in [0.1, 0.15) is 37.6 Å². The molecule has 1 aromatic carbocycles. The number of hydrogen-bond donors (Lipinski definition) is 1. The van der Waals surface area contributed by atoms with Gasteiger partial charge in [-0.1, -0.05) is 25.1 Å². The fraction of sp³-hybridized carbons (Fsp3) is 0.455. The number of rotatable bonds is 7. The Morgan fingerprint density at radius 3 is 2.53 bits per heavy atom. The van der Waals surface area contributed by atoms with E-state index in [-0.39, 0.29) is 30.3 Å². The van der Waals surface area contributed by atoms with Gasteiger partial charge in [-0.3, -0.25) is 0 Å². The highest BCUT2D eigenvalue weighted by Gasteiger charge is 2.33. The maximum atomic E-state index is 13.9. The Kier molecular flexibility index (Phi) is 6.43. The predicted octanol–water partition coefficient (Wildman–Crippen LogP) is 4.18. The Bertz CT molecular complexity index is 868. The fourth-order valence-corrected chi connectivity index (χ4v) is 3.11. The van der Waals surface area contributed by atoms with Crippen LogP contribution >= 0.6 is 0 Å². The molecule has 1 N–H and O–H groups in total. The average molecular weight is 418 g/mol. The molecule has 1 saturated heterocycles.